The molecular formula is C36H39N5O5. The van der Waals surface area contributed by atoms with Gasteiger partial charge in [0.2, 0.25) is 5.91 Å². The van der Waals surface area contributed by atoms with Gasteiger partial charge in [0.15, 0.2) is 0 Å². The minimum absolute atomic E-state index is 0.0226. The number of methoxy groups -OCH3 is 1. The molecule has 0 aliphatic rings. The Balaban J connectivity index is 1.63. The van der Waals surface area contributed by atoms with Crippen LogP contribution < -0.4 is 20.9 Å². The fraction of sp³-hybridized carbons (Fsp3) is 0.278. The molecule has 2 aromatic heterocycles. The Morgan fingerprint density at radius 2 is 1.46 bits per heavy atom. The van der Waals surface area contributed by atoms with E-state index < -0.39 is 23.6 Å². The zero-order valence-corrected chi connectivity index (χ0v) is 26.9. The topological polar surface area (TPSA) is 127 Å². The van der Waals surface area contributed by atoms with E-state index >= 15 is 0 Å². The van der Waals surface area contributed by atoms with Gasteiger partial charge in [-0.15, -0.1) is 0 Å². The molecule has 2 amide bonds. The van der Waals surface area contributed by atoms with Crippen LogP contribution in [-0.4, -0.2) is 45.4 Å². The van der Waals surface area contributed by atoms with E-state index in [-0.39, 0.29) is 18.0 Å². The number of fused-ring (bicyclic) bond motifs is 1. The van der Waals surface area contributed by atoms with Crippen molar-refractivity contribution in [2.24, 2.45) is 5.92 Å². The van der Waals surface area contributed by atoms with Crippen molar-refractivity contribution >= 4 is 17.6 Å². The van der Waals surface area contributed by atoms with Gasteiger partial charge in [0, 0.05) is 11.3 Å². The molecule has 1 atom stereocenters. The summed E-state index contributed by atoms with van der Waals surface area (Å²) in [6.07, 6.45) is -0.685. The number of rotatable bonds is 9. The highest BCUT2D eigenvalue weighted by Gasteiger charge is 2.28. The Morgan fingerprint density at radius 1 is 0.870 bits per heavy atom. The molecule has 5 rings (SSSR count). The maximum atomic E-state index is 14.4. The number of nitrogens with one attached hydrogen (secondary N) is 3. The summed E-state index contributed by atoms with van der Waals surface area (Å²) in [6.45, 7) is 8.92. The van der Waals surface area contributed by atoms with Gasteiger partial charge in [-0.05, 0) is 49.9 Å². The summed E-state index contributed by atoms with van der Waals surface area (Å²) < 4.78 is 12.1. The highest BCUT2D eigenvalue weighted by atomic mass is 16.6. The van der Waals surface area contributed by atoms with Gasteiger partial charge in [0.1, 0.15) is 28.7 Å². The SMILES string of the molecule is COc1ccc(-c2c(CNC(=O)C(NC(=O)OC(C)(C)C)C(C)C)[nH]c3c(-c4ccccc4)c(-c4ccccc4)nn3c2=O)cc1. The maximum Gasteiger partial charge on any atom is 0.408 e. The minimum atomic E-state index is -0.866. The summed E-state index contributed by atoms with van der Waals surface area (Å²) >= 11 is 0. The summed E-state index contributed by atoms with van der Waals surface area (Å²) in [4.78, 5) is 43.9. The van der Waals surface area contributed by atoms with Crippen LogP contribution in [0.2, 0.25) is 0 Å². The van der Waals surface area contributed by atoms with Crippen molar-refractivity contribution in [2.45, 2.75) is 52.8 Å². The molecule has 1 unspecified atom stereocenters. The van der Waals surface area contributed by atoms with Crippen LogP contribution in [0.4, 0.5) is 4.79 Å². The zero-order valence-electron chi connectivity index (χ0n) is 26.9. The third-order valence-corrected chi connectivity index (χ3v) is 7.41. The molecule has 238 valence electrons. The molecule has 0 aliphatic carbocycles. The van der Waals surface area contributed by atoms with Gasteiger partial charge in [-0.2, -0.15) is 9.61 Å². The Hall–Kier alpha value is -5.38. The molecule has 0 radical (unpaired) electrons. The van der Waals surface area contributed by atoms with Gasteiger partial charge in [0.05, 0.1) is 24.8 Å². The standard InChI is InChI=1S/C36H39N5O5/c1-22(2)30(39-35(44)46-36(3,4)5)33(42)37-21-27-28(24-17-19-26(45-6)20-18-24)34(43)41-32(38-27)29(23-13-9-7-10-14-23)31(40-41)25-15-11-8-12-16-25/h7-20,22,30,38H,21H2,1-6H3,(H,37,42)(H,39,44). The average molecular weight is 622 g/mol. The molecule has 2 heterocycles. The normalized spacial score (nSPS) is 12.2. The first-order valence-corrected chi connectivity index (χ1v) is 15.2. The Labute approximate surface area is 267 Å². The van der Waals surface area contributed by atoms with E-state index in [2.05, 4.69) is 15.6 Å². The molecule has 10 nitrogen and oxygen atoms in total. The molecule has 3 aromatic carbocycles. The highest BCUT2D eigenvalue weighted by molar-refractivity contribution is 5.91. The van der Waals surface area contributed by atoms with E-state index in [1.54, 1.807) is 52.1 Å². The number of hydrogen-bond donors (Lipinski definition) is 3. The van der Waals surface area contributed by atoms with Crippen LogP contribution in [0.5, 0.6) is 5.75 Å². The molecule has 46 heavy (non-hydrogen) atoms. The number of H-pyrrole nitrogens is 1. The Morgan fingerprint density at radius 3 is 2.02 bits per heavy atom. The highest BCUT2D eigenvalue weighted by Crippen LogP contribution is 2.35. The van der Waals surface area contributed by atoms with Gasteiger partial charge in [0.25, 0.3) is 5.56 Å². The molecule has 0 saturated heterocycles. The van der Waals surface area contributed by atoms with Crippen LogP contribution >= 0.6 is 0 Å². The zero-order chi connectivity index (χ0) is 33.0. The fourth-order valence-corrected chi connectivity index (χ4v) is 5.24. The number of carbonyl (C=O) groups excluding carboxylic acids is 2. The average Bonchev–Trinajstić information content (AvgIpc) is 3.42. The lowest BCUT2D eigenvalue weighted by Gasteiger charge is -2.25. The Kier molecular flexibility index (Phi) is 9.27. The summed E-state index contributed by atoms with van der Waals surface area (Å²) in [6, 6.07) is 25.7. The first-order chi connectivity index (χ1) is 22.0. The first kappa shape index (κ1) is 32.0. The van der Waals surface area contributed by atoms with Crippen molar-refractivity contribution in [2.75, 3.05) is 7.11 Å². The van der Waals surface area contributed by atoms with E-state index in [1.807, 2.05) is 74.5 Å². The molecule has 0 aliphatic heterocycles. The van der Waals surface area contributed by atoms with E-state index in [1.165, 1.54) is 4.52 Å². The molecule has 10 heteroatoms. The number of aromatic nitrogens is 3. The van der Waals surface area contributed by atoms with Crippen molar-refractivity contribution in [1.29, 1.82) is 0 Å². The van der Waals surface area contributed by atoms with E-state index in [0.717, 1.165) is 16.7 Å². The summed E-state index contributed by atoms with van der Waals surface area (Å²) in [5.41, 5.74) is 3.99. The summed E-state index contributed by atoms with van der Waals surface area (Å²) in [7, 11) is 1.57. The summed E-state index contributed by atoms with van der Waals surface area (Å²) in [5, 5.41) is 10.5. The third kappa shape index (κ3) is 6.96. The smallest absolute Gasteiger partial charge is 0.408 e. The van der Waals surface area contributed by atoms with E-state index in [0.29, 0.717) is 33.9 Å². The Bertz CT molecular complexity index is 1890. The molecule has 3 N–H and O–H groups in total. The number of alkyl carbamates (subject to hydrolysis) is 1. The van der Waals surface area contributed by atoms with Crippen molar-refractivity contribution < 1.29 is 19.1 Å². The largest absolute Gasteiger partial charge is 0.497 e. The van der Waals surface area contributed by atoms with Crippen LogP contribution in [0.15, 0.2) is 89.7 Å². The van der Waals surface area contributed by atoms with Crippen molar-refractivity contribution in [3.8, 4) is 39.3 Å². The lowest BCUT2D eigenvalue weighted by atomic mass is 10.0. The number of benzene rings is 3. The van der Waals surface area contributed by atoms with Crippen LogP contribution in [0.3, 0.4) is 0 Å². The predicted molar refractivity (Wildman–Crippen MR) is 179 cm³/mol. The second kappa shape index (κ2) is 13.3. The molecule has 0 saturated carbocycles. The monoisotopic (exact) mass is 621 g/mol. The predicted octanol–water partition coefficient (Wildman–Crippen LogP) is 6.20. The minimum Gasteiger partial charge on any atom is -0.497 e. The van der Waals surface area contributed by atoms with Gasteiger partial charge < -0.3 is 25.1 Å². The van der Waals surface area contributed by atoms with E-state index in [4.69, 9.17) is 14.6 Å². The lowest BCUT2D eigenvalue weighted by Crippen LogP contribution is -2.50. The van der Waals surface area contributed by atoms with Crippen molar-refractivity contribution in [3.05, 3.63) is 101 Å². The van der Waals surface area contributed by atoms with Crippen molar-refractivity contribution in [1.82, 2.24) is 25.2 Å². The second-order valence-corrected chi connectivity index (χ2v) is 12.3. The van der Waals surface area contributed by atoms with E-state index in [9.17, 15) is 14.4 Å². The van der Waals surface area contributed by atoms with Crippen LogP contribution in [0.1, 0.15) is 40.3 Å². The molecule has 5 aromatic rings. The molecule has 0 bridgehead atoms. The molecule has 0 fully saturated rings. The van der Waals surface area contributed by atoms with Crippen molar-refractivity contribution in [3.63, 3.8) is 0 Å². The molecule has 0 spiro atoms. The molecular weight excluding hydrogens is 582 g/mol. The number of amides is 2. The van der Waals surface area contributed by atoms with Gasteiger partial charge in [-0.25, -0.2) is 4.79 Å². The number of hydrogen-bond acceptors (Lipinski definition) is 6. The van der Waals surface area contributed by atoms with Gasteiger partial charge in [-0.3, -0.25) is 9.59 Å². The van der Waals surface area contributed by atoms with Crippen LogP contribution in [0, 0.1) is 5.92 Å². The third-order valence-electron chi connectivity index (χ3n) is 7.41. The lowest BCUT2D eigenvalue weighted by molar-refractivity contribution is -0.124. The number of nitrogens with zero attached hydrogens (tertiary/aromatic N) is 2. The van der Waals surface area contributed by atoms with Crippen LogP contribution in [-0.2, 0) is 16.1 Å². The second-order valence-electron chi connectivity index (χ2n) is 12.3. The van der Waals surface area contributed by atoms with Gasteiger partial charge in [-0.1, -0.05) is 86.6 Å². The fourth-order valence-electron chi connectivity index (χ4n) is 5.24. The van der Waals surface area contributed by atoms with Crippen LogP contribution in [0.25, 0.3) is 39.2 Å². The maximum absolute atomic E-state index is 14.4. The first-order valence-electron chi connectivity index (χ1n) is 15.2. The number of carbonyl (C=O) groups is 2. The number of aromatic amines is 1. The quantitative estimate of drug-likeness (QED) is 0.180. The summed E-state index contributed by atoms with van der Waals surface area (Å²) in [5.74, 6) is -0.00649. The van der Waals surface area contributed by atoms with Gasteiger partial charge >= 0.3 is 6.09 Å². The number of ether oxygens (including phenoxy) is 2.